The molecule has 0 radical (unpaired) electrons. The van der Waals surface area contributed by atoms with Crippen LogP contribution in [0.1, 0.15) is 36.0 Å². The van der Waals surface area contributed by atoms with Crippen LogP contribution < -0.4 is 0 Å². The van der Waals surface area contributed by atoms with Gasteiger partial charge in [0.1, 0.15) is 5.82 Å². The molecule has 2 rings (SSSR count). The third kappa shape index (κ3) is 2.56. The van der Waals surface area contributed by atoms with Crippen LogP contribution in [0.25, 0.3) is 0 Å². The van der Waals surface area contributed by atoms with E-state index in [-0.39, 0.29) is 6.42 Å². The van der Waals surface area contributed by atoms with Crippen LogP contribution >= 0.6 is 0 Å². The molecular formula is C12H15N3O. The van der Waals surface area contributed by atoms with E-state index in [4.69, 9.17) is 10.00 Å². The smallest absolute Gasteiger partial charge is 0.142 e. The van der Waals surface area contributed by atoms with Crippen LogP contribution in [-0.2, 0) is 11.2 Å². The van der Waals surface area contributed by atoms with Gasteiger partial charge in [0.15, 0.2) is 0 Å². The molecule has 0 atom stereocenters. The van der Waals surface area contributed by atoms with Gasteiger partial charge in [0, 0.05) is 30.5 Å². The van der Waals surface area contributed by atoms with Crippen molar-refractivity contribution >= 4 is 0 Å². The van der Waals surface area contributed by atoms with Gasteiger partial charge >= 0.3 is 0 Å². The van der Waals surface area contributed by atoms with Crippen molar-refractivity contribution in [2.75, 3.05) is 13.2 Å². The number of hydrogen-bond acceptors (Lipinski definition) is 4. The second kappa shape index (κ2) is 5.04. The maximum atomic E-state index is 8.66. The van der Waals surface area contributed by atoms with Gasteiger partial charge in [-0.15, -0.1) is 0 Å². The van der Waals surface area contributed by atoms with E-state index in [9.17, 15) is 0 Å². The van der Waals surface area contributed by atoms with Gasteiger partial charge in [-0.1, -0.05) is 0 Å². The lowest BCUT2D eigenvalue weighted by Gasteiger charge is -2.21. The summed E-state index contributed by atoms with van der Waals surface area (Å²) < 4.78 is 5.33. The van der Waals surface area contributed by atoms with Crippen LogP contribution in [0.5, 0.6) is 0 Å². The number of ether oxygens (including phenoxy) is 1. The number of hydrogen-bond donors (Lipinski definition) is 0. The molecule has 1 aliphatic rings. The number of aryl methyl sites for hydroxylation is 1. The van der Waals surface area contributed by atoms with E-state index in [0.29, 0.717) is 11.7 Å². The summed E-state index contributed by atoms with van der Waals surface area (Å²) in [6, 6.07) is 4.12. The summed E-state index contributed by atoms with van der Waals surface area (Å²) in [6.07, 6.45) is 2.32. The molecule has 2 heterocycles. The zero-order valence-corrected chi connectivity index (χ0v) is 9.44. The number of nitriles is 1. The van der Waals surface area contributed by atoms with Gasteiger partial charge in [0.05, 0.1) is 12.5 Å². The Bertz CT molecular complexity index is 405. The minimum absolute atomic E-state index is 0.290. The first kappa shape index (κ1) is 11.0. The third-order valence-electron chi connectivity index (χ3n) is 2.80. The van der Waals surface area contributed by atoms with Crippen molar-refractivity contribution in [3.8, 4) is 6.07 Å². The number of aromatic nitrogens is 2. The predicted molar refractivity (Wildman–Crippen MR) is 58.9 cm³/mol. The molecule has 1 aromatic rings. The summed E-state index contributed by atoms with van der Waals surface area (Å²) in [5.41, 5.74) is 2.02. The van der Waals surface area contributed by atoms with E-state index in [1.54, 1.807) is 0 Å². The highest BCUT2D eigenvalue weighted by Gasteiger charge is 2.18. The van der Waals surface area contributed by atoms with Crippen molar-refractivity contribution in [2.45, 2.75) is 32.1 Å². The fraction of sp³-hybridized carbons (Fsp3) is 0.583. The van der Waals surface area contributed by atoms with Gasteiger partial charge in [0.25, 0.3) is 0 Å². The minimum atomic E-state index is 0.290. The van der Waals surface area contributed by atoms with E-state index >= 15 is 0 Å². The van der Waals surface area contributed by atoms with Gasteiger partial charge in [-0.25, -0.2) is 9.97 Å². The summed E-state index contributed by atoms with van der Waals surface area (Å²) in [6.45, 7) is 3.56. The molecule has 1 fully saturated rings. The second-order valence-corrected chi connectivity index (χ2v) is 4.07. The van der Waals surface area contributed by atoms with Gasteiger partial charge in [-0.05, 0) is 25.8 Å². The lowest BCUT2D eigenvalue weighted by molar-refractivity contribution is 0.0844. The molecule has 1 aromatic heterocycles. The molecule has 0 aromatic carbocycles. The molecule has 0 amide bonds. The van der Waals surface area contributed by atoms with Crippen LogP contribution in [0.3, 0.4) is 0 Å². The Balaban J connectivity index is 2.22. The average Bonchev–Trinajstić information content (AvgIpc) is 2.30. The van der Waals surface area contributed by atoms with Crippen molar-refractivity contribution in [3.63, 3.8) is 0 Å². The fourth-order valence-electron chi connectivity index (χ4n) is 2.01. The lowest BCUT2D eigenvalue weighted by Crippen LogP contribution is -2.16. The summed E-state index contributed by atoms with van der Waals surface area (Å²) in [5.74, 6) is 1.11. The molecule has 4 nitrogen and oxygen atoms in total. The first-order valence-corrected chi connectivity index (χ1v) is 5.59. The molecular weight excluding hydrogens is 202 g/mol. The van der Waals surface area contributed by atoms with Crippen molar-refractivity contribution in [1.29, 1.82) is 5.26 Å². The Labute approximate surface area is 95.3 Å². The topological polar surface area (TPSA) is 58.8 Å². The van der Waals surface area contributed by atoms with Crippen LogP contribution in [0, 0.1) is 18.3 Å². The summed E-state index contributed by atoms with van der Waals surface area (Å²) in [5, 5.41) is 8.66. The standard InChI is InChI=1S/C12H15N3O/c1-9-8-11(10-3-6-16-7-4-10)15-12(14-9)2-5-13/h8,10H,2-4,6-7H2,1H3. The molecule has 0 unspecified atom stereocenters. The highest BCUT2D eigenvalue weighted by atomic mass is 16.5. The van der Waals surface area contributed by atoms with Gasteiger partial charge in [0.2, 0.25) is 0 Å². The molecule has 0 N–H and O–H groups in total. The minimum Gasteiger partial charge on any atom is -0.381 e. The average molecular weight is 217 g/mol. The van der Waals surface area contributed by atoms with E-state index in [1.807, 2.05) is 13.0 Å². The fourth-order valence-corrected chi connectivity index (χ4v) is 2.01. The Kier molecular flexibility index (Phi) is 3.47. The van der Waals surface area contributed by atoms with Crippen LogP contribution in [-0.4, -0.2) is 23.2 Å². The zero-order chi connectivity index (χ0) is 11.4. The summed E-state index contributed by atoms with van der Waals surface area (Å²) in [7, 11) is 0. The Morgan fingerprint density at radius 3 is 2.88 bits per heavy atom. The van der Waals surface area contributed by atoms with Gasteiger partial charge < -0.3 is 4.74 Å². The SMILES string of the molecule is Cc1cc(C2CCOCC2)nc(CC#N)n1. The first-order chi connectivity index (χ1) is 7.79. The third-order valence-corrected chi connectivity index (χ3v) is 2.80. The van der Waals surface area contributed by atoms with Crippen LogP contribution in [0.4, 0.5) is 0 Å². The number of rotatable bonds is 2. The Hall–Kier alpha value is -1.47. The first-order valence-electron chi connectivity index (χ1n) is 5.59. The van der Waals surface area contributed by atoms with E-state index < -0.39 is 0 Å². The molecule has 84 valence electrons. The largest absolute Gasteiger partial charge is 0.381 e. The highest BCUT2D eigenvalue weighted by molar-refractivity contribution is 5.16. The Morgan fingerprint density at radius 2 is 2.19 bits per heavy atom. The predicted octanol–water partition coefficient (Wildman–Crippen LogP) is 1.75. The number of nitrogens with zero attached hydrogens (tertiary/aromatic N) is 3. The Morgan fingerprint density at radius 1 is 1.44 bits per heavy atom. The van der Waals surface area contributed by atoms with E-state index in [2.05, 4.69) is 16.0 Å². The maximum Gasteiger partial charge on any atom is 0.142 e. The van der Waals surface area contributed by atoms with Crippen molar-refractivity contribution in [3.05, 3.63) is 23.3 Å². The van der Waals surface area contributed by atoms with Gasteiger partial charge in [-0.2, -0.15) is 5.26 Å². The van der Waals surface area contributed by atoms with Crippen molar-refractivity contribution in [1.82, 2.24) is 9.97 Å². The van der Waals surface area contributed by atoms with Crippen molar-refractivity contribution < 1.29 is 4.74 Å². The highest BCUT2D eigenvalue weighted by Crippen LogP contribution is 2.25. The quantitative estimate of drug-likeness (QED) is 0.757. The molecule has 4 heteroatoms. The second-order valence-electron chi connectivity index (χ2n) is 4.07. The summed E-state index contributed by atoms with van der Waals surface area (Å²) in [4.78, 5) is 8.71. The molecule has 1 aliphatic heterocycles. The van der Waals surface area contributed by atoms with E-state index in [1.165, 1.54) is 0 Å². The molecule has 0 spiro atoms. The van der Waals surface area contributed by atoms with E-state index in [0.717, 1.165) is 37.4 Å². The molecule has 0 saturated carbocycles. The molecule has 16 heavy (non-hydrogen) atoms. The molecule has 1 saturated heterocycles. The lowest BCUT2D eigenvalue weighted by atomic mass is 9.96. The molecule has 0 bridgehead atoms. The summed E-state index contributed by atoms with van der Waals surface area (Å²) >= 11 is 0. The monoisotopic (exact) mass is 217 g/mol. The normalized spacial score (nSPS) is 17.0. The van der Waals surface area contributed by atoms with Crippen molar-refractivity contribution in [2.24, 2.45) is 0 Å². The van der Waals surface area contributed by atoms with Crippen LogP contribution in [0.2, 0.25) is 0 Å². The van der Waals surface area contributed by atoms with Gasteiger partial charge in [-0.3, -0.25) is 0 Å². The zero-order valence-electron chi connectivity index (χ0n) is 9.44. The van der Waals surface area contributed by atoms with Crippen LogP contribution in [0.15, 0.2) is 6.07 Å². The molecule has 0 aliphatic carbocycles. The maximum absolute atomic E-state index is 8.66.